The summed E-state index contributed by atoms with van der Waals surface area (Å²) < 4.78 is 0. The Morgan fingerprint density at radius 3 is 1.38 bits per heavy atom. The van der Waals surface area contributed by atoms with Crippen molar-refractivity contribution in [2.45, 2.75) is 68.2 Å². The Hall–Kier alpha value is 0. The number of hydrogen-bond donors (Lipinski definition) is 0. The topological polar surface area (TPSA) is 0 Å². The highest BCUT2D eigenvalue weighted by atomic mass is 14.5. The summed E-state index contributed by atoms with van der Waals surface area (Å²) in [6.45, 7) is 19.0. The van der Waals surface area contributed by atoms with E-state index < -0.39 is 0 Å². The summed E-state index contributed by atoms with van der Waals surface area (Å²) in [5.41, 5.74) is 1.20. The van der Waals surface area contributed by atoms with Gasteiger partial charge in [0, 0.05) is 0 Å². The summed E-state index contributed by atoms with van der Waals surface area (Å²) in [4.78, 5) is 0. The highest BCUT2D eigenvalue weighted by Gasteiger charge is 2.44. The fraction of sp³-hybridized carbons (Fsp3) is 1.00. The molecule has 0 heterocycles. The zero-order valence-corrected chi connectivity index (χ0v) is 10.9. The van der Waals surface area contributed by atoms with Gasteiger partial charge in [0.25, 0.3) is 0 Å². The van der Waals surface area contributed by atoms with E-state index in [1.165, 1.54) is 12.8 Å². The lowest BCUT2D eigenvalue weighted by atomic mass is 9.54. The first kappa shape index (κ1) is 13.0. The van der Waals surface area contributed by atoms with Gasteiger partial charge in [0.2, 0.25) is 0 Å². The molecular weight excluding hydrogens is 156 g/mol. The van der Waals surface area contributed by atoms with Gasteiger partial charge in [-0.3, -0.25) is 0 Å². The van der Waals surface area contributed by atoms with E-state index in [0.717, 1.165) is 0 Å². The molecular formula is C13H28. The van der Waals surface area contributed by atoms with E-state index in [0.29, 0.717) is 16.2 Å². The second-order valence-corrected chi connectivity index (χ2v) is 6.51. The molecule has 0 fully saturated rings. The molecule has 0 N–H and O–H groups in total. The van der Waals surface area contributed by atoms with Crippen LogP contribution in [0.1, 0.15) is 68.2 Å². The van der Waals surface area contributed by atoms with Crippen LogP contribution in [0.25, 0.3) is 0 Å². The average Bonchev–Trinajstić information content (AvgIpc) is 1.84. The van der Waals surface area contributed by atoms with Gasteiger partial charge in [-0.25, -0.2) is 0 Å². The van der Waals surface area contributed by atoms with Crippen molar-refractivity contribution in [1.82, 2.24) is 0 Å². The molecule has 0 radical (unpaired) electrons. The molecule has 0 spiro atoms. The number of hydrogen-bond acceptors (Lipinski definition) is 0. The molecule has 13 heavy (non-hydrogen) atoms. The van der Waals surface area contributed by atoms with Crippen molar-refractivity contribution in [2.24, 2.45) is 16.2 Å². The van der Waals surface area contributed by atoms with Crippen LogP contribution in [0, 0.1) is 16.2 Å². The molecule has 0 atom stereocenters. The van der Waals surface area contributed by atoms with E-state index >= 15 is 0 Å². The van der Waals surface area contributed by atoms with Crippen LogP contribution in [0.2, 0.25) is 0 Å². The molecule has 0 unspecified atom stereocenters. The van der Waals surface area contributed by atoms with Crippen LogP contribution in [-0.2, 0) is 0 Å². The summed E-state index contributed by atoms with van der Waals surface area (Å²) in [5.74, 6) is 0. The third-order valence-electron chi connectivity index (χ3n) is 4.44. The molecule has 0 aliphatic rings. The smallest absolute Gasteiger partial charge is 0.0254 e. The number of rotatable bonds is 3. The molecule has 0 saturated heterocycles. The Labute approximate surface area is 85.1 Å². The SMILES string of the molecule is CCCC(C)(C)C(C)(C)C(C)(C)C. The van der Waals surface area contributed by atoms with Crippen molar-refractivity contribution in [2.75, 3.05) is 0 Å². The first-order chi connectivity index (χ1) is 5.56. The van der Waals surface area contributed by atoms with E-state index in [-0.39, 0.29) is 0 Å². The van der Waals surface area contributed by atoms with Gasteiger partial charge in [-0.15, -0.1) is 0 Å². The van der Waals surface area contributed by atoms with Gasteiger partial charge in [0.15, 0.2) is 0 Å². The zero-order valence-electron chi connectivity index (χ0n) is 10.9. The minimum Gasteiger partial charge on any atom is -0.0654 e. The Balaban J connectivity index is 4.81. The van der Waals surface area contributed by atoms with Crippen LogP contribution >= 0.6 is 0 Å². The van der Waals surface area contributed by atoms with Crippen LogP contribution in [0.3, 0.4) is 0 Å². The summed E-state index contributed by atoms with van der Waals surface area (Å²) in [5, 5.41) is 0. The average molecular weight is 184 g/mol. The van der Waals surface area contributed by atoms with E-state index in [9.17, 15) is 0 Å². The summed E-state index contributed by atoms with van der Waals surface area (Å²) in [6, 6.07) is 0. The van der Waals surface area contributed by atoms with Crippen molar-refractivity contribution < 1.29 is 0 Å². The second-order valence-electron chi connectivity index (χ2n) is 6.51. The van der Waals surface area contributed by atoms with Crippen LogP contribution in [0.15, 0.2) is 0 Å². The van der Waals surface area contributed by atoms with Crippen molar-refractivity contribution in [1.29, 1.82) is 0 Å². The summed E-state index contributed by atoms with van der Waals surface area (Å²) >= 11 is 0. The van der Waals surface area contributed by atoms with Gasteiger partial charge in [-0.1, -0.05) is 61.8 Å². The largest absolute Gasteiger partial charge is 0.0654 e. The first-order valence-electron chi connectivity index (χ1n) is 5.56. The Kier molecular flexibility index (Phi) is 3.63. The maximum atomic E-state index is 2.41. The molecule has 0 aromatic heterocycles. The predicted octanol–water partition coefficient (Wildman–Crippen LogP) is 4.89. The third-order valence-corrected chi connectivity index (χ3v) is 4.44. The lowest BCUT2D eigenvalue weighted by Crippen LogP contribution is -2.42. The Bertz CT molecular complexity index is 155. The van der Waals surface area contributed by atoms with Gasteiger partial charge < -0.3 is 0 Å². The Morgan fingerprint density at radius 1 is 0.769 bits per heavy atom. The minimum atomic E-state index is 0.381. The van der Waals surface area contributed by atoms with E-state index in [1.54, 1.807) is 0 Å². The van der Waals surface area contributed by atoms with Gasteiger partial charge in [0.1, 0.15) is 0 Å². The fourth-order valence-electron chi connectivity index (χ4n) is 1.95. The molecule has 0 bridgehead atoms. The molecule has 0 heteroatoms. The Morgan fingerprint density at radius 2 is 1.15 bits per heavy atom. The van der Waals surface area contributed by atoms with Gasteiger partial charge in [0.05, 0.1) is 0 Å². The van der Waals surface area contributed by atoms with Crippen LogP contribution in [0.4, 0.5) is 0 Å². The maximum absolute atomic E-state index is 2.41. The molecule has 0 aliphatic heterocycles. The van der Waals surface area contributed by atoms with Crippen LogP contribution in [0.5, 0.6) is 0 Å². The van der Waals surface area contributed by atoms with Crippen molar-refractivity contribution in [3.05, 3.63) is 0 Å². The van der Waals surface area contributed by atoms with E-state index in [1.807, 2.05) is 0 Å². The van der Waals surface area contributed by atoms with Crippen LogP contribution < -0.4 is 0 Å². The van der Waals surface area contributed by atoms with E-state index in [2.05, 4.69) is 55.4 Å². The minimum absolute atomic E-state index is 0.381. The molecule has 0 saturated carbocycles. The maximum Gasteiger partial charge on any atom is -0.0254 e. The summed E-state index contributed by atoms with van der Waals surface area (Å²) in [6.07, 6.45) is 2.60. The highest BCUT2D eigenvalue weighted by Crippen LogP contribution is 2.52. The molecule has 80 valence electrons. The molecule has 0 nitrogen and oxygen atoms in total. The van der Waals surface area contributed by atoms with Gasteiger partial charge >= 0.3 is 0 Å². The molecule has 0 aliphatic carbocycles. The first-order valence-corrected chi connectivity index (χ1v) is 5.56. The molecule has 0 amide bonds. The quantitative estimate of drug-likeness (QED) is 0.586. The molecule has 0 rings (SSSR count). The summed E-state index contributed by atoms with van der Waals surface area (Å²) in [7, 11) is 0. The second kappa shape index (κ2) is 3.63. The zero-order chi connectivity index (χ0) is 10.9. The third kappa shape index (κ3) is 2.48. The normalized spacial score (nSPS) is 14.8. The standard InChI is InChI=1S/C13H28/c1-9-10-12(5,6)13(7,8)11(2,3)4/h9-10H2,1-8H3. The predicted molar refractivity (Wildman–Crippen MR) is 61.9 cm³/mol. The fourth-order valence-corrected chi connectivity index (χ4v) is 1.95. The van der Waals surface area contributed by atoms with Crippen molar-refractivity contribution in [3.63, 3.8) is 0 Å². The lowest BCUT2D eigenvalue weighted by molar-refractivity contribution is -0.0136. The van der Waals surface area contributed by atoms with Crippen LogP contribution in [-0.4, -0.2) is 0 Å². The molecule has 0 aromatic rings. The van der Waals surface area contributed by atoms with Crippen molar-refractivity contribution in [3.8, 4) is 0 Å². The van der Waals surface area contributed by atoms with Crippen molar-refractivity contribution >= 4 is 0 Å². The molecule has 0 aromatic carbocycles. The van der Waals surface area contributed by atoms with Gasteiger partial charge in [-0.05, 0) is 22.7 Å². The van der Waals surface area contributed by atoms with Gasteiger partial charge in [-0.2, -0.15) is 0 Å². The van der Waals surface area contributed by atoms with E-state index in [4.69, 9.17) is 0 Å². The monoisotopic (exact) mass is 184 g/mol. The highest BCUT2D eigenvalue weighted by molar-refractivity contribution is 4.93. The lowest BCUT2D eigenvalue weighted by Gasteiger charge is -2.51.